The van der Waals surface area contributed by atoms with Crippen LogP contribution in [0.3, 0.4) is 0 Å². The van der Waals surface area contributed by atoms with Gasteiger partial charge in [-0.3, -0.25) is 0 Å². The molecule has 0 bridgehead atoms. The number of hydrogen-bond donors (Lipinski definition) is 0. The molecule has 42 heavy (non-hydrogen) atoms. The Bertz CT molecular complexity index is 1480. The molecule has 0 amide bonds. The Kier molecular flexibility index (Phi) is 7.70. The summed E-state index contributed by atoms with van der Waals surface area (Å²) in [5.41, 5.74) is 20.9. The van der Waals surface area contributed by atoms with E-state index in [0.29, 0.717) is 11.1 Å². The highest BCUT2D eigenvalue weighted by atomic mass is 28.3. The van der Waals surface area contributed by atoms with Crippen LogP contribution in [0.25, 0.3) is 17.2 Å². The highest BCUT2D eigenvalue weighted by molar-refractivity contribution is 6.82. The maximum absolute atomic E-state index is 6.18. The van der Waals surface area contributed by atoms with Crippen molar-refractivity contribution >= 4 is 14.1 Å². The summed E-state index contributed by atoms with van der Waals surface area (Å²) in [6, 6.07) is 7.65. The molecule has 0 fully saturated rings. The molecule has 0 N–H and O–H groups in total. The third-order valence-corrected chi connectivity index (χ3v) is 15.8. The number of methoxy groups -OCH3 is 1. The van der Waals surface area contributed by atoms with E-state index in [1.54, 1.807) is 33.4 Å². The second-order valence-electron chi connectivity index (χ2n) is 16.4. The molecular formula is C40H56OSi. The van der Waals surface area contributed by atoms with Gasteiger partial charge in [-0.2, -0.15) is 0 Å². The summed E-state index contributed by atoms with van der Waals surface area (Å²) < 4.78 is 6.18. The number of benzene rings is 2. The SMILES string of the molecule is COc1c(C(C)(C)C)cc(-c2c3c(cc4c2CCCC4)C([Si](C)(C)C2C(C)=C(C)C(C)=C2C)C(C)=C3)cc1C(C)(C)C. The molecule has 5 rings (SSSR count). The van der Waals surface area contributed by atoms with Crippen molar-refractivity contribution in [3.05, 3.63) is 79.4 Å². The minimum absolute atomic E-state index is 0.0194. The minimum Gasteiger partial charge on any atom is -0.496 e. The molecule has 1 nitrogen and oxygen atoms in total. The minimum atomic E-state index is -1.83. The van der Waals surface area contributed by atoms with E-state index in [0.717, 1.165) is 5.75 Å². The van der Waals surface area contributed by atoms with E-state index >= 15 is 0 Å². The second-order valence-corrected chi connectivity index (χ2v) is 21.2. The highest BCUT2D eigenvalue weighted by Crippen LogP contribution is 2.57. The van der Waals surface area contributed by atoms with Crippen LogP contribution in [0.4, 0.5) is 0 Å². The van der Waals surface area contributed by atoms with Crippen LogP contribution < -0.4 is 4.74 Å². The van der Waals surface area contributed by atoms with Gasteiger partial charge in [-0.1, -0.05) is 83.5 Å². The van der Waals surface area contributed by atoms with Crippen molar-refractivity contribution in [3.63, 3.8) is 0 Å². The van der Waals surface area contributed by atoms with Crippen molar-refractivity contribution in [2.45, 2.75) is 137 Å². The van der Waals surface area contributed by atoms with Crippen LogP contribution in [0.1, 0.15) is 128 Å². The zero-order valence-electron chi connectivity index (χ0n) is 29.2. The average molecular weight is 581 g/mol. The van der Waals surface area contributed by atoms with Crippen molar-refractivity contribution in [1.29, 1.82) is 0 Å². The maximum atomic E-state index is 6.18. The Morgan fingerprint density at radius 2 is 1.26 bits per heavy atom. The Morgan fingerprint density at radius 1 is 0.738 bits per heavy atom. The van der Waals surface area contributed by atoms with Crippen LogP contribution in [-0.2, 0) is 23.7 Å². The van der Waals surface area contributed by atoms with Crippen molar-refractivity contribution in [3.8, 4) is 16.9 Å². The normalized spacial score (nSPS) is 19.9. The van der Waals surface area contributed by atoms with E-state index in [-0.39, 0.29) is 10.8 Å². The standard InChI is InChI=1S/C40H56OSi/c1-23-19-31-32(37(23)42(13,14)38-26(4)24(2)25(3)27(38)5)20-28-17-15-16-18-30(28)35(31)29-21-33(39(6,7)8)36(41-12)34(22-29)40(9,10)11/h19-22,37-38H,15-18H2,1-14H3. The molecule has 226 valence electrons. The van der Waals surface area contributed by atoms with E-state index < -0.39 is 8.07 Å². The van der Waals surface area contributed by atoms with Gasteiger partial charge < -0.3 is 4.74 Å². The van der Waals surface area contributed by atoms with Gasteiger partial charge in [-0.15, -0.1) is 0 Å². The molecule has 0 saturated heterocycles. The molecule has 3 aliphatic rings. The molecule has 0 spiro atoms. The van der Waals surface area contributed by atoms with Crippen molar-refractivity contribution < 1.29 is 4.74 Å². The lowest BCUT2D eigenvalue weighted by molar-refractivity contribution is 0.381. The molecule has 1 unspecified atom stereocenters. The van der Waals surface area contributed by atoms with Gasteiger partial charge in [0, 0.05) is 16.7 Å². The molecule has 0 heterocycles. The molecule has 0 aromatic heterocycles. The molecule has 2 heteroatoms. The number of rotatable bonds is 4. The molecule has 2 aromatic rings. The molecule has 2 aromatic carbocycles. The number of allylic oxidation sites excluding steroid dienone is 5. The predicted molar refractivity (Wildman–Crippen MR) is 187 cm³/mol. The number of aryl methyl sites for hydroxylation is 1. The van der Waals surface area contributed by atoms with Crippen molar-refractivity contribution in [2.75, 3.05) is 7.11 Å². The third kappa shape index (κ3) is 4.81. The lowest BCUT2D eigenvalue weighted by Gasteiger charge is -2.40. The van der Waals surface area contributed by atoms with E-state index in [2.05, 4.69) is 114 Å². The summed E-state index contributed by atoms with van der Waals surface area (Å²) in [5, 5.41) is 0. The van der Waals surface area contributed by atoms with E-state index in [1.165, 1.54) is 64.6 Å². The summed E-state index contributed by atoms with van der Waals surface area (Å²) in [5.74, 6) is 1.06. The van der Waals surface area contributed by atoms with Crippen molar-refractivity contribution in [1.82, 2.24) is 0 Å². The first-order valence-electron chi connectivity index (χ1n) is 16.4. The fraction of sp³-hybridized carbons (Fsp3) is 0.550. The fourth-order valence-corrected chi connectivity index (χ4v) is 14.2. The molecule has 0 radical (unpaired) electrons. The van der Waals surface area contributed by atoms with Gasteiger partial charge in [0.05, 0.1) is 15.2 Å². The van der Waals surface area contributed by atoms with E-state index in [9.17, 15) is 0 Å². The van der Waals surface area contributed by atoms with Crippen LogP contribution >= 0.6 is 0 Å². The van der Waals surface area contributed by atoms with Gasteiger partial charge in [0.15, 0.2) is 0 Å². The number of hydrogen-bond acceptors (Lipinski definition) is 1. The molecule has 0 aliphatic heterocycles. The summed E-state index contributed by atoms with van der Waals surface area (Å²) >= 11 is 0. The Morgan fingerprint density at radius 3 is 1.76 bits per heavy atom. The molecule has 0 saturated carbocycles. The van der Waals surface area contributed by atoms with Crippen molar-refractivity contribution in [2.24, 2.45) is 0 Å². The third-order valence-electron chi connectivity index (χ3n) is 11.2. The lowest BCUT2D eigenvalue weighted by atomic mass is 9.75. The summed E-state index contributed by atoms with van der Waals surface area (Å²) in [7, 11) is 0.0207. The van der Waals surface area contributed by atoms with Gasteiger partial charge in [0.1, 0.15) is 5.75 Å². The predicted octanol–water partition coefficient (Wildman–Crippen LogP) is 11.6. The highest BCUT2D eigenvalue weighted by Gasteiger charge is 2.47. The monoisotopic (exact) mass is 580 g/mol. The quantitative estimate of drug-likeness (QED) is 0.327. The van der Waals surface area contributed by atoms with Gasteiger partial charge in [-0.25, -0.2) is 0 Å². The van der Waals surface area contributed by atoms with Gasteiger partial charge >= 0.3 is 0 Å². The first-order chi connectivity index (χ1) is 19.4. The molecule has 1 atom stereocenters. The zero-order valence-corrected chi connectivity index (χ0v) is 30.2. The summed E-state index contributed by atoms with van der Waals surface area (Å²) in [6.07, 6.45) is 7.58. The summed E-state index contributed by atoms with van der Waals surface area (Å²) in [6.45, 7) is 31.3. The topological polar surface area (TPSA) is 9.23 Å². The largest absolute Gasteiger partial charge is 0.496 e. The first kappa shape index (κ1) is 31.1. The zero-order chi connectivity index (χ0) is 31.1. The van der Waals surface area contributed by atoms with Crippen LogP contribution in [0.2, 0.25) is 18.6 Å². The average Bonchev–Trinajstić information content (AvgIpc) is 3.33. The summed E-state index contributed by atoms with van der Waals surface area (Å²) in [4.78, 5) is 0. The lowest BCUT2D eigenvalue weighted by Crippen LogP contribution is -2.41. The first-order valence-corrected chi connectivity index (χ1v) is 19.5. The number of fused-ring (bicyclic) bond motifs is 2. The number of ether oxygens (including phenoxy) is 1. The van der Waals surface area contributed by atoms with E-state index in [4.69, 9.17) is 4.74 Å². The Labute approximate surface area is 258 Å². The van der Waals surface area contributed by atoms with Crippen LogP contribution in [0, 0.1) is 0 Å². The van der Waals surface area contributed by atoms with Gasteiger partial charge in [0.2, 0.25) is 0 Å². The maximum Gasteiger partial charge on any atom is 0.126 e. The fourth-order valence-electron chi connectivity index (χ4n) is 8.95. The van der Waals surface area contributed by atoms with Crippen LogP contribution in [-0.4, -0.2) is 15.2 Å². The Hall–Kier alpha value is -2.32. The second kappa shape index (κ2) is 10.4. The smallest absolute Gasteiger partial charge is 0.126 e. The molecular weight excluding hydrogens is 525 g/mol. The van der Waals surface area contributed by atoms with Gasteiger partial charge in [-0.05, 0) is 133 Å². The van der Waals surface area contributed by atoms with Gasteiger partial charge in [0.25, 0.3) is 0 Å². The van der Waals surface area contributed by atoms with Crippen LogP contribution in [0.5, 0.6) is 5.75 Å². The van der Waals surface area contributed by atoms with Crippen LogP contribution in [0.15, 0.2) is 46.1 Å². The Balaban J connectivity index is 1.81. The van der Waals surface area contributed by atoms with E-state index in [1.807, 2.05) is 7.11 Å². The molecule has 3 aliphatic carbocycles.